The molecule has 0 bridgehead atoms. The molecular formula is C14H20F3NO3. The van der Waals surface area contributed by atoms with E-state index >= 15 is 0 Å². The molecule has 2 saturated carbocycles. The Hall–Kier alpha value is -1.27. The number of carbonyl (C=O) groups is 2. The molecule has 0 spiro atoms. The fraction of sp³-hybridized carbons (Fsp3) is 0.857. The minimum Gasteiger partial charge on any atom is -0.481 e. The van der Waals surface area contributed by atoms with E-state index in [0.717, 1.165) is 6.42 Å². The molecule has 2 unspecified atom stereocenters. The van der Waals surface area contributed by atoms with Crippen LogP contribution in [0.2, 0.25) is 0 Å². The lowest BCUT2D eigenvalue weighted by molar-refractivity contribution is -0.186. The van der Waals surface area contributed by atoms with Gasteiger partial charge in [-0.25, -0.2) is 0 Å². The topological polar surface area (TPSA) is 66.4 Å². The van der Waals surface area contributed by atoms with Crippen molar-refractivity contribution in [1.29, 1.82) is 0 Å². The Kier molecular flexibility index (Phi) is 4.49. The third-order valence-corrected chi connectivity index (χ3v) is 4.70. The van der Waals surface area contributed by atoms with E-state index in [9.17, 15) is 22.8 Å². The van der Waals surface area contributed by atoms with Gasteiger partial charge in [-0.15, -0.1) is 0 Å². The second kappa shape index (κ2) is 5.85. The van der Waals surface area contributed by atoms with Crippen LogP contribution >= 0.6 is 0 Å². The first-order valence-electron chi connectivity index (χ1n) is 7.32. The molecule has 0 heterocycles. The standard InChI is InChI=1S/C14H20F3NO3/c15-14(16,17)10-4-1-3-9(7-10)12(21)18-13(5-2-6-13)8-11(19)20/h9-10H,1-8H2,(H,18,21)(H,19,20). The molecule has 2 N–H and O–H groups in total. The van der Waals surface area contributed by atoms with Crippen LogP contribution < -0.4 is 5.32 Å². The number of rotatable bonds is 4. The van der Waals surface area contributed by atoms with E-state index in [0.29, 0.717) is 25.7 Å². The number of hydrogen-bond donors (Lipinski definition) is 2. The molecule has 0 aliphatic heterocycles. The Morgan fingerprint density at radius 1 is 1.19 bits per heavy atom. The number of amides is 1. The third kappa shape index (κ3) is 3.89. The Bertz CT molecular complexity index is 418. The predicted octanol–water partition coefficient (Wildman–Crippen LogP) is 2.87. The van der Waals surface area contributed by atoms with Gasteiger partial charge in [0.15, 0.2) is 0 Å². The number of halogens is 3. The smallest absolute Gasteiger partial charge is 0.391 e. The van der Waals surface area contributed by atoms with Gasteiger partial charge in [0.05, 0.1) is 17.9 Å². The second-order valence-electron chi connectivity index (χ2n) is 6.30. The Labute approximate surface area is 121 Å². The summed E-state index contributed by atoms with van der Waals surface area (Å²) in [5.41, 5.74) is -0.742. The zero-order valence-electron chi connectivity index (χ0n) is 11.7. The second-order valence-corrected chi connectivity index (χ2v) is 6.30. The van der Waals surface area contributed by atoms with E-state index in [1.54, 1.807) is 0 Å². The van der Waals surface area contributed by atoms with Gasteiger partial charge in [0.2, 0.25) is 5.91 Å². The van der Waals surface area contributed by atoms with Crippen LogP contribution in [0.15, 0.2) is 0 Å². The van der Waals surface area contributed by atoms with Crippen LogP contribution in [-0.2, 0) is 9.59 Å². The predicted molar refractivity (Wildman–Crippen MR) is 68.5 cm³/mol. The van der Waals surface area contributed by atoms with Crippen molar-refractivity contribution >= 4 is 11.9 Å². The minimum absolute atomic E-state index is 0.0769. The number of hydrogen-bond acceptors (Lipinski definition) is 2. The summed E-state index contributed by atoms with van der Waals surface area (Å²) in [6.45, 7) is 0. The van der Waals surface area contributed by atoms with E-state index in [2.05, 4.69) is 5.32 Å². The third-order valence-electron chi connectivity index (χ3n) is 4.70. The highest BCUT2D eigenvalue weighted by Gasteiger charge is 2.46. The molecule has 2 aliphatic rings. The normalized spacial score (nSPS) is 28.5. The first-order valence-corrected chi connectivity index (χ1v) is 7.32. The molecule has 21 heavy (non-hydrogen) atoms. The van der Waals surface area contributed by atoms with Crippen LogP contribution in [0, 0.1) is 11.8 Å². The molecule has 2 atom stereocenters. The van der Waals surface area contributed by atoms with Crippen molar-refractivity contribution in [1.82, 2.24) is 5.32 Å². The number of carbonyl (C=O) groups excluding carboxylic acids is 1. The Morgan fingerprint density at radius 2 is 1.86 bits per heavy atom. The highest BCUT2D eigenvalue weighted by atomic mass is 19.4. The van der Waals surface area contributed by atoms with Crippen molar-refractivity contribution in [2.75, 3.05) is 0 Å². The lowest BCUT2D eigenvalue weighted by Crippen LogP contribution is -2.56. The first-order chi connectivity index (χ1) is 9.72. The maximum Gasteiger partial charge on any atom is 0.391 e. The highest BCUT2D eigenvalue weighted by Crippen LogP contribution is 2.41. The summed E-state index contributed by atoms with van der Waals surface area (Å²) in [6, 6.07) is 0. The summed E-state index contributed by atoms with van der Waals surface area (Å²) in [6.07, 6.45) is -1.69. The van der Waals surface area contributed by atoms with Crippen molar-refractivity contribution in [2.24, 2.45) is 11.8 Å². The maximum atomic E-state index is 12.8. The number of nitrogens with one attached hydrogen (secondary N) is 1. The van der Waals surface area contributed by atoms with E-state index in [1.165, 1.54) is 0 Å². The van der Waals surface area contributed by atoms with Crippen LogP contribution in [0.3, 0.4) is 0 Å². The molecule has 4 nitrogen and oxygen atoms in total. The van der Waals surface area contributed by atoms with Crippen LogP contribution in [0.4, 0.5) is 13.2 Å². The SMILES string of the molecule is O=C(O)CC1(NC(=O)C2CCCC(C(F)(F)F)C2)CCC1. The fourth-order valence-corrected chi connectivity index (χ4v) is 3.33. The molecule has 1 amide bonds. The van der Waals surface area contributed by atoms with Crippen LogP contribution in [0.25, 0.3) is 0 Å². The molecule has 2 aliphatic carbocycles. The lowest BCUT2D eigenvalue weighted by atomic mass is 9.73. The first kappa shape index (κ1) is 16.1. The Morgan fingerprint density at radius 3 is 2.33 bits per heavy atom. The van der Waals surface area contributed by atoms with Crippen molar-refractivity contribution in [3.63, 3.8) is 0 Å². The zero-order valence-corrected chi connectivity index (χ0v) is 11.7. The van der Waals surface area contributed by atoms with Crippen molar-refractivity contribution in [3.05, 3.63) is 0 Å². The zero-order chi connectivity index (χ0) is 15.7. The van der Waals surface area contributed by atoms with Crippen LogP contribution in [-0.4, -0.2) is 28.7 Å². The van der Waals surface area contributed by atoms with Gasteiger partial charge in [-0.1, -0.05) is 6.42 Å². The van der Waals surface area contributed by atoms with Gasteiger partial charge >= 0.3 is 12.1 Å². The van der Waals surface area contributed by atoms with E-state index in [-0.39, 0.29) is 19.3 Å². The van der Waals surface area contributed by atoms with E-state index in [4.69, 9.17) is 5.11 Å². The summed E-state index contributed by atoms with van der Waals surface area (Å²) < 4.78 is 38.3. The summed E-state index contributed by atoms with van der Waals surface area (Å²) in [4.78, 5) is 23.0. The average Bonchev–Trinajstić information content (AvgIpc) is 2.34. The van der Waals surface area contributed by atoms with Crippen molar-refractivity contribution in [2.45, 2.75) is 63.1 Å². The van der Waals surface area contributed by atoms with Crippen molar-refractivity contribution < 1.29 is 27.9 Å². The number of carboxylic acids is 1. The van der Waals surface area contributed by atoms with Gasteiger partial charge in [-0.3, -0.25) is 9.59 Å². The summed E-state index contributed by atoms with van der Waals surface area (Å²) >= 11 is 0. The van der Waals surface area contributed by atoms with E-state index in [1.807, 2.05) is 0 Å². The molecule has 0 aromatic rings. The number of carboxylic acid groups (broad SMARTS) is 1. The monoisotopic (exact) mass is 307 g/mol. The molecule has 2 rings (SSSR count). The quantitative estimate of drug-likeness (QED) is 0.839. The largest absolute Gasteiger partial charge is 0.481 e. The van der Waals surface area contributed by atoms with Gasteiger partial charge in [0.1, 0.15) is 0 Å². The summed E-state index contributed by atoms with van der Waals surface area (Å²) in [5, 5.41) is 11.6. The maximum absolute atomic E-state index is 12.8. The molecule has 7 heteroatoms. The highest BCUT2D eigenvalue weighted by molar-refractivity contribution is 5.81. The number of alkyl halides is 3. The lowest BCUT2D eigenvalue weighted by Gasteiger charge is -2.43. The van der Waals surface area contributed by atoms with Crippen molar-refractivity contribution in [3.8, 4) is 0 Å². The average molecular weight is 307 g/mol. The Balaban J connectivity index is 1.95. The van der Waals surface area contributed by atoms with Gasteiger partial charge < -0.3 is 10.4 Å². The molecular weight excluding hydrogens is 287 g/mol. The molecule has 2 fully saturated rings. The summed E-state index contributed by atoms with van der Waals surface area (Å²) in [7, 11) is 0. The molecule has 0 aromatic carbocycles. The van der Waals surface area contributed by atoms with Gasteiger partial charge in [-0.2, -0.15) is 13.2 Å². The van der Waals surface area contributed by atoms with Crippen LogP contribution in [0.5, 0.6) is 0 Å². The molecule has 0 radical (unpaired) electrons. The van der Waals surface area contributed by atoms with Gasteiger partial charge in [0.25, 0.3) is 0 Å². The minimum atomic E-state index is -4.26. The number of aliphatic carboxylic acids is 1. The fourth-order valence-electron chi connectivity index (χ4n) is 3.33. The molecule has 0 saturated heterocycles. The van der Waals surface area contributed by atoms with Gasteiger partial charge in [-0.05, 0) is 38.5 Å². The van der Waals surface area contributed by atoms with Gasteiger partial charge in [0, 0.05) is 5.92 Å². The van der Waals surface area contributed by atoms with Crippen LogP contribution in [0.1, 0.15) is 51.4 Å². The molecule has 120 valence electrons. The van der Waals surface area contributed by atoms with E-state index < -0.39 is 35.4 Å². The molecule has 0 aromatic heterocycles. The summed E-state index contributed by atoms with van der Waals surface area (Å²) in [5.74, 6) is -3.48.